The highest BCUT2D eigenvalue weighted by molar-refractivity contribution is 7.98. The van der Waals surface area contributed by atoms with Gasteiger partial charge in [-0.25, -0.2) is 0 Å². The van der Waals surface area contributed by atoms with Gasteiger partial charge in [-0.15, -0.1) is 0 Å². The van der Waals surface area contributed by atoms with Crippen LogP contribution in [-0.4, -0.2) is 29.8 Å². The summed E-state index contributed by atoms with van der Waals surface area (Å²) in [5, 5.41) is 9.39. The Morgan fingerprint density at radius 1 is 1.43 bits per heavy atom. The molecule has 0 heterocycles. The Hall–Kier alpha value is -0.870. The lowest BCUT2D eigenvalue weighted by atomic mass is 10.3. The molecule has 0 spiro atoms. The van der Waals surface area contributed by atoms with Crippen LogP contribution in [0.25, 0.3) is 0 Å². The molecule has 0 saturated carbocycles. The number of aliphatic hydroxyl groups is 1. The number of ether oxygens (including phenoxy) is 1. The molecule has 1 aromatic carbocycles. The molecule has 1 unspecified atom stereocenters. The second-order valence-corrected chi connectivity index (χ2v) is 3.90. The number of nitrogen functional groups attached to an aromatic ring is 1. The highest BCUT2D eigenvalue weighted by Crippen LogP contribution is 2.13. The Kier molecular flexibility index (Phi) is 4.62. The van der Waals surface area contributed by atoms with Crippen LogP contribution in [0, 0.1) is 0 Å². The molecule has 0 fully saturated rings. The average Bonchev–Trinajstić information content (AvgIpc) is 2.17. The number of aliphatic hydroxyl groups excluding tert-OH is 1. The normalized spacial score (nSPS) is 12.4. The molecule has 1 aromatic rings. The van der Waals surface area contributed by atoms with E-state index in [1.807, 2.05) is 6.26 Å². The minimum absolute atomic E-state index is 0.324. The Balaban J connectivity index is 2.34. The number of hydrogen-bond donors (Lipinski definition) is 2. The maximum atomic E-state index is 9.39. The molecule has 0 aliphatic rings. The van der Waals surface area contributed by atoms with Crippen molar-refractivity contribution in [3.8, 4) is 5.75 Å². The molecule has 0 bridgehead atoms. The number of nitrogens with two attached hydrogens (primary N) is 1. The third kappa shape index (κ3) is 3.89. The first-order chi connectivity index (χ1) is 6.72. The van der Waals surface area contributed by atoms with Crippen LogP contribution in [0.4, 0.5) is 5.69 Å². The van der Waals surface area contributed by atoms with E-state index in [4.69, 9.17) is 10.5 Å². The van der Waals surface area contributed by atoms with Gasteiger partial charge in [0.05, 0.1) is 6.10 Å². The molecule has 0 aliphatic heterocycles. The average molecular weight is 213 g/mol. The van der Waals surface area contributed by atoms with E-state index in [0.717, 1.165) is 5.75 Å². The van der Waals surface area contributed by atoms with Crippen LogP contribution in [0.5, 0.6) is 5.75 Å². The van der Waals surface area contributed by atoms with Crippen molar-refractivity contribution in [2.75, 3.05) is 24.3 Å². The second-order valence-electron chi connectivity index (χ2n) is 2.99. The molecular formula is C10H15NO2S. The summed E-state index contributed by atoms with van der Waals surface area (Å²) in [6, 6.07) is 7.13. The molecule has 78 valence electrons. The van der Waals surface area contributed by atoms with Gasteiger partial charge in [0.2, 0.25) is 0 Å². The Bertz CT molecular complexity index is 263. The van der Waals surface area contributed by atoms with Crippen LogP contribution in [0.15, 0.2) is 24.3 Å². The van der Waals surface area contributed by atoms with Gasteiger partial charge in [0, 0.05) is 11.4 Å². The van der Waals surface area contributed by atoms with Gasteiger partial charge in [-0.05, 0) is 30.5 Å². The van der Waals surface area contributed by atoms with E-state index < -0.39 is 6.10 Å². The van der Waals surface area contributed by atoms with Crippen molar-refractivity contribution in [3.63, 3.8) is 0 Å². The highest BCUT2D eigenvalue weighted by atomic mass is 32.2. The summed E-state index contributed by atoms with van der Waals surface area (Å²) < 4.78 is 5.36. The third-order valence-electron chi connectivity index (χ3n) is 1.68. The maximum Gasteiger partial charge on any atom is 0.119 e. The van der Waals surface area contributed by atoms with Gasteiger partial charge >= 0.3 is 0 Å². The second kappa shape index (κ2) is 5.78. The first kappa shape index (κ1) is 11.2. The number of benzene rings is 1. The van der Waals surface area contributed by atoms with Gasteiger partial charge in [0.1, 0.15) is 12.4 Å². The molecule has 0 aromatic heterocycles. The molecule has 0 radical (unpaired) electrons. The minimum atomic E-state index is -0.414. The lowest BCUT2D eigenvalue weighted by Gasteiger charge is -2.10. The molecule has 0 amide bonds. The van der Waals surface area contributed by atoms with Gasteiger partial charge in [0.25, 0.3) is 0 Å². The molecule has 0 saturated heterocycles. The van der Waals surface area contributed by atoms with Gasteiger partial charge in [-0.3, -0.25) is 0 Å². The molecule has 3 nitrogen and oxygen atoms in total. The largest absolute Gasteiger partial charge is 0.491 e. The molecule has 0 aliphatic carbocycles. The zero-order chi connectivity index (χ0) is 10.4. The number of rotatable bonds is 5. The lowest BCUT2D eigenvalue weighted by Crippen LogP contribution is -2.19. The standard InChI is InChI=1S/C10H15NO2S/c1-14-7-9(12)6-13-10-4-2-8(11)3-5-10/h2-5,9,12H,6-7,11H2,1H3. The van der Waals surface area contributed by atoms with Crippen molar-refractivity contribution >= 4 is 17.4 Å². The SMILES string of the molecule is CSCC(O)COc1ccc(N)cc1. The van der Waals surface area contributed by atoms with E-state index in [1.165, 1.54) is 0 Å². The molecular weight excluding hydrogens is 198 g/mol. The summed E-state index contributed by atoms with van der Waals surface area (Å²) in [7, 11) is 0. The zero-order valence-corrected chi connectivity index (χ0v) is 8.96. The summed E-state index contributed by atoms with van der Waals surface area (Å²) in [5.41, 5.74) is 6.23. The summed E-state index contributed by atoms with van der Waals surface area (Å²) in [6.07, 6.45) is 1.54. The van der Waals surface area contributed by atoms with E-state index in [-0.39, 0.29) is 0 Å². The predicted octanol–water partition coefficient (Wildman–Crippen LogP) is 1.37. The Morgan fingerprint density at radius 3 is 2.64 bits per heavy atom. The molecule has 1 rings (SSSR count). The quantitative estimate of drug-likeness (QED) is 0.725. The van der Waals surface area contributed by atoms with E-state index in [2.05, 4.69) is 0 Å². The van der Waals surface area contributed by atoms with Crippen LogP contribution in [-0.2, 0) is 0 Å². The zero-order valence-electron chi connectivity index (χ0n) is 8.14. The number of thioether (sulfide) groups is 1. The first-order valence-corrected chi connectivity index (χ1v) is 5.77. The van der Waals surface area contributed by atoms with Gasteiger partial charge < -0.3 is 15.6 Å². The van der Waals surface area contributed by atoms with E-state index in [9.17, 15) is 5.11 Å². The van der Waals surface area contributed by atoms with E-state index in [1.54, 1.807) is 36.0 Å². The fourth-order valence-corrected chi connectivity index (χ4v) is 1.48. The fourth-order valence-electron chi connectivity index (χ4n) is 0.997. The summed E-state index contributed by atoms with van der Waals surface area (Å²) in [4.78, 5) is 0. The first-order valence-electron chi connectivity index (χ1n) is 4.37. The van der Waals surface area contributed by atoms with Crippen molar-refractivity contribution < 1.29 is 9.84 Å². The van der Waals surface area contributed by atoms with Crippen molar-refractivity contribution in [1.29, 1.82) is 0 Å². The third-order valence-corrected chi connectivity index (χ3v) is 2.40. The van der Waals surface area contributed by atoms with Crippen molar-refractivity contribution in [2.24, 2.45) is 0 Å². The molecule has 1 atom stereocenters. The molecule has 14 heavy (non-hydrogen) atoms. The maximum absolute atomic E-state index is 9.39. The highest BCUT2D eigenvalue weighted by Gasteiger charge is 2.03. The Labute approximate surface area is 88.3 Å². The topological polar surface area (TPSA) is 55.5 Å². The smallest absolute Gasteiger partial charge is 0.119 e. The molecule has 3 N–H and O–H groups in total. The number of anilines is 1. The van der Waals surface area contributed by atoms with E-state index in [0.29, 0.717) is 18.0 Å². The monoisotopic (exact) mass is 213 g/mol. The van der Waals surface area contributed by atoms with Crippen LogP contribution < -0.4 is 10.5 Å². The van der Waals surface area contributed by atoms with Crippen LogP contribution in [0.2, 0.25) is 0 Å². The minimum Gasteiger partial charge on any atom is -0.491 e. The molecule has 4 heteroatoms. The lowest BCUT2D eigenvalue weighted by molar-refractivity contribution is 0.126. The summed E-state index contributed by atoms with van der Waals surface area (Å²) in [6.45, 7) is 0.324. The van der Waals surface area contributed by atoms with Crippen molar-refractivity contribution in [2.45, 2.75) is 6.10 Å². The van der Waals surface area contributed by atoms with Crippen LogP contribution in [0.1, 0.15) is 0 Å². The number of hydrogen-bond acceptors (Lipinski definition) is 4. The van der Waals surface area contributed by atoms with Crippen LogP contribution >= 0.6 is 11.8 Å². The van der Waals surface area contributed by atoms with Crippen LogP contribution in [0.3, 0.4) is 0 Å². The van der Waals surface area contributed by atoms with Gasteiger partial charge in [-0.1, -0.05) is 0 Å². The predicted molar refractivity (Wildman–Crippen MR) is 60.7 cm³/mol. The summed E-state index contributed by atoms with van der Waals surface area (Å²) in [5.74, 6) is 1.42. The van der Waals surface area contributed by atoms with Gasteiger partial charge in [-0.2, -0.15) is 11.8 Å². The van der Waals surface area contributed by atoms with Crippen molar-refractivity contribution in [1.82, 2.24) is 0 Å². The Morgan fingerprint density at radius 2 is 2.07 bits per heavy atom. The van der Waals surface area contributed by atoms with E-state index >= 15 is 0 Å². The fraction of sp³-hybridized carbons (Fsp3) is 0.400. The summed E-state index contributed by atoms with van der Waals surface area (Å²) >= 11 is 1.60. The van der Waals surface area contributed by atoms with Gasteiger partial charge in [0.15, 0.2) is 0 Å². The van der Waals surface area contributed by atoms with Crippen molar-refractivity contribution in [3.05, 3.63) is 24.3 Å².